The second kappa shape index (κ2) is 4.54. The van der Waals surface area contributed by atoms with Gasteiger partial charge in [0.25, 0.3) is 0 Å². The normalized spacial score (nSPS) is 27.9. The monoisotopic (exact) mass is 278 g/mol. The van der Waals surface area contributed by atoms with Crippen molar-refractivity contribution in [2.45, 2.75) is 43.5 Å². The van der Waals surface area contributed by atoms with Gasteiger partial charge in [-0.25, -0.2) is 0 Å². The maximum absolute atomic E-state index is 15.4. The van der Waals surface area contributed by atoms with Gasteiger partial charge in [0, 0.05) is 18.4 Å². The molecule has 1 saturated carbocycles. The summed E-state index contributed by atoms with van der Waals surface area (Å²) in [4.78, 5) is 15.9. The standard InChI is InChI=1S/C14H15FN2O3/c15-14(17(18)19)12(11-7-3-1-4-8-11)16-20-13(14)9-5-2-6-10-13/h1,3-4,7-8H,2,5-6,9-10H2/t14-/m1/s1. The van der Waals surface area contributed by atoms with Crippen molar-refractivity contribution < 1.29 is 14.2 Å². The van der Waals surface area contributed by atoms with Crippen molar-refractivity contribution in [3.05, 3.63) is 46.0 Å². The lowest BCUT2D eigenvalue weighted by Gasteiger charge is -2.34. The molecule has 1 aliphatic carbocycles. The van der Waals surface area contributed by atoms with E-state index in [1.165, 1.54) is 0 Å². The summed E-state index contributed by atoms with van der Waals surface area (Å²) in [5, 5.41) is 15.2. The molecule has 1 aliphatic heterocycles. The number of oxime groups is 1. The van der Waals surface area contributed by atoms with E-state index < -0.39 is 16.3 Å². The molecule has 5 nitrogen and oxygen atoms in total. The lowest BCUT2D eigenvalue weighted by atomic mass is 9.75. The molecular weight excluding hydrogens is 263 g/mol. The molecule has 0 N–H and O–H groups in total. The number of benzene rings is 1. The Balaban J connectivity index is 2.06. The van der Waals surface area contributed by atoms with Crippen molar-refractivity contribution in [1.82, 2.24) is 0 Å². The molecule has 1 aromatic rings. The Morgan fingerprint density at radius 1 is 1.20 bits per heavy atom. The van der Waals surface area contributed by atoms with Gasteiger partial charge in [0.05, 0.1) is 4.92 Å². The van der Waals surface area contributed by atoms with Crippen molar-refractivity contribution in [3.63, 3.8) is 0 Å². The minimum Gasteiger partial charge on any atom is -0.377 e. The van der Waals surface area contributed by atoms with Crippen LogP contribution in [-0.4, -0.2) is 22.0 Å². The maximum atomic E-state index is 15.4. The highest BCUT2D eigenvalue weighted by Gasteiger charge is 2.72. The topological polar surface area (TPSA) is 64.7 Å². The highest BCUT2D eigenvalue weighted by molar-refractivity contribution is 6.06. The molecule has 0 amide bonds. The Morgan fingerprint density at radius 2 is 1.85 bits per heavy atom. The van der Waals surface area contributed by atoms with E-state index in [4.69, 9.17) is 4.84 Å². The summed E-state index contributed by atoms with van der Waals surface area (Å²) < 4.78 is 15.4. The molecular formula is C14H15FN2O3. The molecule has 6 heteroatoms. The van der Waals surface area contributed by atoms with E-state index in [1.54, 1.807) is 30.3 Å². The van der Waals surface area contributed by atoms with Crippen LogP contribution in [0.1, 0.15) is 37.7 Å². The Bertz CT molecular complexity index is 555. The number of hydrogen-bond acceptors (Lipinski definition) is 4. The van der Waals surface area contributed by atoms with Crippen LogP contribution in [0.15, 0.2) is 35.5 Å². The predicted octanol–water partition coefficient (Wildman–Crippen LogP) is 3.07. The number of nitro groups is 1. The van der Waals surface area contributed by atoms with Crippen LogP contribution in [0.25, 0.3) is 0 Å². The summed E-state index contributed by atoms with van der Waals surface area (Å²) in [6.45, 7) is 0. The Kier molecular flexibility index (Phi) is 2.96. The molecule has 1 atom stereocenters. The average molecular weight is 278 g/mol. The lowest BCUT2D eigenvalue weighted by Crippen LogP contribution is -2.59. The first kappa shape index (κ1) is 13.0. The van der Waals surface area contributed by atoms with E-state index in [2.05, 4.69) is 5.16 Å². The summed E-state index contributed by atoms with van der Waals surface area (Å²) in [7, 11) is 0. The van der Waals surface area contributed by atoms with Gasteiger partial charge < -0.3 is 4.84 Å². The van der Waals surface area contributed by atoms with Gasteiger partial charge in [-0.3, -0.25) is 10.1 Å². The van der Waals surface area contributed by atoms with Crippen molar-refractivity contribution in [1.29, 1.82) is 0 Å². The fraction of sp³-hybridized carbons (Fsp3) is 0.500. The SMILES string of the molecule is O=[N+]([O-])[C@]1(F)C(c2ccccc2)=NOC12CCCCC2. The minimum atomic E-state index is -2.77. The van der Waals surface area contributed by atoms with Gasteiger partial charge in [0.15, 0.2) is 0 Å². The minimum absolute atomic E-state index is 0.218. The zero-order valence-corrected chi connectivity index (χ0v) is 10.9. The van der Waals surface area contributed by atoms with Crippen molar-refractivity contribution in [3.8, 4) is 0 Å². The summed E-state index contributed by atoms with van der Waals surface area (Å²) in [6.07, 6.45) is 3.03. The van der Waals surface area contributed by atoms with Crippen LogP contribution in [0.5, 0.6) is 0 Å². The van der Waals surface area contributed by atoms with Crippen molar-refractivity contribution >= 4 is 5.71 Å². The molecule has 1 aromatic carbocycles. The van der Waals surface area contributed by atoms with E-state index >= 15 is 4.39 Å². The molecule has 0 saturated heterocycles. The zero-order valence-electron chi connectivity index (χ0n) is 10.9. The largest absolute Gasteiger partial charge is 0.446 e. The fourth-order valence-electron chi connectivity index (χ4n) is 3.11. The number of alkyl halides is 1. The number of halogens is 1. The van der Waals surface area contributed by atoms with Crippen LogP contribution >= 0.6 is 0 Å². The molecule has 1 spiro atoms. The fourth-order valence-corrected chi connectivity index (χ4v) is 3.11. The Labute approximate surface area is 115 Å². The van der Waals surface area contributed by atoms with Crippen LogP contribution in [0.2, 0.25) is 0 Å². The molecule has 0 bridgehead atoms. The smallest absolute Gasteiger partial charge is 0.377 e. The third-order valence-electron chi connectivity index (χ3n) is 4.19. The molecule has 106 valence electrons. The predicted molar refractivity (Wildman–Crippen MR) is 70.7 cm³/mol. The first-order valence-electron chi connectivity index (χ1n) is 6.76. The zero-order chi connectivity index (χ0) is 14.2. The summed E-state index contributed by atoms with van der Waals surface area (Å²) in [5.74, 6) is -2.77. The van der Waals surface area contributed by atoms with Crippen LogP contribution in [0, 0.1) is 10.1 Å². The highest BCUT2D eigenvalue weighted by atomic mass is 19.1. The summed E-state index contributed by atoms with van der Waals surface area (Å²) in [6, 6.07) is 8.39. The van der Waals surface area contributed by atoms with Gasteiger partial charge >= 0.3 is 5.79 Å². The Morgan fingerprint density at radius 3 is 2.45 bits per heavy atom. The molecule has 3 rings (SSSR count). The molecule has 0 unspecified atom stereocenters. The number of hydrogen-bond donors (Lipinski definition) is 0. The van der Waals surface area contributed by atoms with Gasteiger partial charge in [-0.1, -0.05) is 41.9 Å². The number of rotatable bonds is 2. The quantitative estimate of drug-likeness (QED) is 0.474. The van der Waals surface area contributed by atoms with E-state index in [-0.39, 0.29) is 5.71 Å². The molecule has 1 heterocycles. The van der Waals surface area contributed by atoms with E-state index in [1.807, 2.05) is 0 Å². The first-order chi connectivity index (χ1) is 9.60. The third kappa shape index (κ3) is 1.63. The van der Waals surface area contributed by atoms with Crippen LogP contribution in [-0.2, 0) is 4.84 Å². The van der Waals surface area contributed by atoms with Crippen LogP contribution in [0.3, 0.4) is 0 Å². The van der Waals surface area contributed by atoms with Crippen LogP contribution in [0.4, 0.5) is 4.39 Å². The second-order valence-corrected chi connectivity index (χ2v) is 5.33. The lowest BCUT2D eigenvalue weighted by molar-refractivity contribution is -0.604. The average Bonchev–Trinajstić information content (AvgIpc) is 2.75. The van der Waals surface area contributed by atoms with Gasteiger partial charge in [-0.15, -0.1) is 0 Å². The molecule has 0 aromatic heterocycles. The molecule has 20 heavy (non-hydrogen) atoms. The molecule has 1 fully saturated rings. The van der Waals surface area contributed by atoms with Crippen molar-refractivity contribution in [2.24, 2.45) is 5.16 Å². The van der Waals surface area contributed by atoms with E-state index in [0.29, 0.717) is 18.4 Å². The van der Waals surface area contributed by atoms with Gasteiger partial charge in [-0.2, -0.15) is 4.39 Å². The first-order valence-corrected chi connectivity index (χ1v) is 6.76. The highest BCUT2D eigenvalue weighted by Crippen LogP contribution is 2.48. The third-order valence-corrected chi connectivity index (χ3v) is 4.19. The van der Waals surface area contributed by atoms with Crippen LogP contribution < -0.4 is 0 Å². The molecule has 2 aliphatic rings. The maximum Gasteiger partial charge on any atom is 0.446 e. The van der Waals surface area contributed by atoms with E-state index in [0.717, 1.165) is 19.3 Å². The summed E-state index contributed by atoms with van der Waals surface area (Å²) in [5.41, 5.74) is -1.26. The second-order valence-electron chi connectivity index (χ2n) is 5.33. The summed E-state index contributed by atoms with van der Waals surface area (Å²) >= 11 is 0. The number of nitrogens with zero attached hydrogens (tertiary/aromatic N) is 2. The van der Waals surface area contributed by atoms with Gasteiger partial charge in [0.2, 0.25) is 11.3 Å². The van der Waals surface area contributed by atoms with Gasteiger partial charge in [0.1, 0.15) is 0 Å². The van der Waals surface area contributed by atoms with Crippen molar-refractivity contribution in [2.75, 3.05) is 0 Å². The Hall–Kier alpha value is -1.98. The van der Waals surface area contributed by atoms with E-state index in [9.17, 15) is 10.1 Å². The van der Waals surface area contributed by atoms with Gasteiger partial charge in [-0.05, 0) is 12.8 Å². The molecule has 0 radical (unpaired) electrons.